The van der Waals surface area contributed by atoms with Crippen LogP contribution >= 0.6 is 0 Å². The first-order valence-corrected chi connectivity index (χ1v) is 6.60. The SMILES string of the molecule is CC(O)CC1CCCCN1C(C)C(C)C(=O)O. The molecular weight excluding hydrogens is 218 g/mol. The zero-order valence-electron chi connectivity index (χ0n) is 11.1. The number of nitrogens with zero attached hydrogens (tertiary/aromatic N) is 1. The van der Waals surface area contributed by atoms with E-state index in [2.05, 4.69) is 4.90 Å². The first-order chi connectivity index (χ1) is 7.93. The van der Waals surface area contributed by atoms with E-state index < -0.39 is 5.97 Å². The van der Waals surface area contributed by atoms with Gasteiger partial charge in [0.2, 0.25) is 0 Å². The minimum atomic E-state index is -0.737. The standard InChI is InChI=1S/C13H25NO3/c1-9(15)8-12-6-4-5-7-14(12)11(3)10(2)13(16)17/h9-12,15H,4-8H2,1-3H3,(H,16,17). The Morgan fingerprint density at radius 1 is 1.35 bits per heavy atom. The lowest BCUT2D eigenvalue weighted by Crippen LogP contribution is -2.49. The molecule has 0 saturated carbocycles. The molecule has 1 fully saturated rings. The van der Waals surface area contributed by atoms with Gasteiger partial charge in [0.25, 0.3) is 0 Å². The molecule has 4 unspecified atom stereocenters. The first-order valence-electron chi connectivity index (χ1n) is 6.60. The highest BCUT2D eigenvalue weighted by Crippen LogP contribution is 2.26. The molecule has 100 valence electrons. The highest BCUT2D eigenvalue weighted by atomic mass is 16.4. The van der Waals surface area contributed by atoms with Crippen LogP contribution in [0.15, 0.2) is 0 Å². The number of aliphatic hydroxyl groups is 1. The van der Waals surface area contributed by atoms with Gasteiger partial charge in [0.15, 0.2) is 0 Å². The fraction of sp³-hybridized carbons (Fsp3) is 0.923. The van der Waals surface area contributed by atoms with E-state index in [9.17, 15) is 9.90 Å². The molecule has 1 aliphatic heterocycles. The van der Waals surface area contributed by atoms with E-state index in [1.807, 2.05) is 6.92 Å². The number of carbonyl (C=O) groups is 1. The van der Waals surface area contributed by atoms with E-state index >= 15 is 0 Å². The molecule has 4 atom stereocenters. The van der Waals surface area contributed by atoms with E-state index in [0.29, 0.717) is 6.04 Å². The summed E-state index contributed by atoms with van der Waals surface area (Å²) < 4.78 is 0. The minimum Gasteiger partial charge on any atom is -0.481 e. The Labute approximate surface area is 104 Å². The van der Waals surface area contributed by atoms with Crippen molar-refractivity contribution < 1.29 is 15.0 Å². The number of piperidine rings is 1. The van der Waals surface area contributed by atoms with Crippen molar-refractivity contribution in [3.8, 4) is 0 Å². The van der Waals surface area contributed by atoms with Crippen molar-refractivity contribution in [2.24, 2.45) is 5.92 Å². The highest BCUT2D eigenvalue weighted by molar-refractivity contribution is 5.70. The second-order valence-electron chi connectivity index (χ2n) is 5.34. The molecule has 0 bridgehead atoms. The van der Waals surface area contributed by atoms with Crippen LogP contribution in [0.25, 0.3) is 0 Å². The number of aliphatic carboxylic acids is 1. The summed E-state index contributed by atoms with van der Waals surface area (Å²) in [5.74, 6) is -1.09. The van der Waals surface area contributed by atoms with Gasteiger partial charge in [-0.1, -0.05) is 13.3 Å². The molecule has 1 aliphatic rings. The van der Waals surface area contributed by atoms with Crippen LogP contribution < -0.4 is 0 Å². The summed E-state index contributed by atoms with van der Waals surface area (Å²) in [6.45, 7) is 6.51. The third kappa shape index (κ3) is 3.96. The molecule has 0 aromatic rings. The largest absolute Gasteiger partial charge is 0.481 e. The maximum Gasteiger partial charge on any atom is 0.307 e. The van der Waals surface area contributed by atoms with Crippen LogP contribution in [0.3, 0.4) is 0 Å². The molecule has 1 saturated heterocycles. The van der Waals surface area contributed by atoms with E-state index in [1.165, 1.54) is 6.42 Å². The summed E-state index contributed by atoms with van der Waals surface area (Å²) in [6, 6.07) is 0.372. The van der Waals surface area contributed by atoms with Crippen molar-refractivity contribution in [1.29, 1.82) is 0 Å². The normalized spacial score (nSPS) is 27.4. The Balaban J connectivity index is 2.66. The van der Waals surface area contributed by atoms with Crippen molar-refractivity contribution >= 4 is 5.97 Å². The van der Waals surface area contributed by atoms with Crippen LogP contribution in [-0.4, -0.2) is 45.8 Å². The van der Waals surface area contributed by atoms with Crippen LogP contribution in [-0.2, 0) is 4.79 Å². The fourth-order valence-corrected chi connectivity index (χ4v) is 2.70. The molecule has 0 spiro atoms. The second-order valence-corrected chi connectivity index (χ2v) is 5.34. The number of carboxylic acid groups (broad SMARTS) is 1. The third-order valence-electron chi connectivity index (χ3n) is 3.92. The quantitative estimate of drug-likeness (QED) is 0.772. The molecule has 0 aromatic carbocycles. The Morgan fingerprint density at radius 3 is 2.53 bits per heavy atom. The summed E-state index contributed by atoms with van der Waals surface area (Å²) in [4.78, 5) is 13.3. The maximum absolute atomic E-state index is 11.0. The molecule has 4 nitrogen and oxygen atoms in total. The van der Waals surface area contributed by atoms with Gasteiger partial charge in [-0.05, 0) is 39.7 Å². The van der Waals surface area contributed by atoms with E-state index in [0.717, 1.165) is 25.8 Å². The van der Waals surface area contributed by atoms with Crippen LogP contribution in [0.2, 0.25) is 0 Å². The van der Waals surface area contributed by atoms with Crippen LogP contribution in [0, 0.1) is 5.92 Å². The van der Waals surface area contributed by atoms with Crippen molar-refractivity contribution in [1.82, 2.24) is 4.90 Å². The predicted octanol–water partition coefficient (Wildman–Crippen LogP) is 1.72. The molecule has 1 heterocycles. The molecule has 17 heavy (non-hydrogen) atoms. The van der Waals surface area contributed by atoms with Crippen molar-refractivity contribution in [3.05, 3.63) is 0 Å². The lowest BCUT2D eigenvalue weighted by atomic mass is 9.92. The monoisotopic (exact) mass is 243 g/mol. The lowest BCUT2D eigenvalue weighted by Gasteiger charge is -2.41. The topological polar surface area (TPSA) is 60.8 Å². The van der Waals surface area contributed by atoms with Gasteiger partial charge in [-0.2, -0.15) is 0 Å². The Bertz CT molecular complexity index is 255. The van der Waals surface area contributed by atoms with E-state index in [1.54, 1.807) is 13.8 Å². The Kier molecular flexibility index (Phi) is 5.40. The number of hydrogen-bond donors (Lipinski definition) is 2. The minimum absolute atomic E-state index is 0.0385. The second kappa shape index (κ2) is 6.36. The third-order valence-corrected chi connectivity index (χ3v) is 3.92. The van der Waals surface area contributed by atoms with Gasteiger partial charge in [0, 0.05) is 12.1 Å². The number of aliphatic hydroxyl groups excluding tert-OH is 1. The Hall–Kier alpha value is -0.610. The zero-order valence-corrected chi connectivity index (χ0v) is 11.1. The summed E-state index contributed by atoms with van der Waals surface area (Å²) in [5, 5.41) is 18.6. The van der Waals surface area contributed by atoms with Crippen molar-refractivity contribution in [3.63, 3.8) is 0 Å². The predicted molar refractivity (Wildman–Crippen MR) is 66.9 cm³/mol. The number of likely N-dealkylation sites (tertiary alicyclic amines) is 1. The molecule has 0 aromatic heterocycles. The number of rotatable bonds is 5. The molecule has 4 heteroatoms. The van der Waals surface area contributed by atoms with E-state index in [-0.39, 0.29) is 18.1 Å². The van der Waals surface area contributed by atoms with Gasteiger partial charge in [-0.15, -0.1) is 0 Å². The number of hydrogen-bond acceptors (Lipinski definition) is 3. The van der Waals surface area contributed by atoms with Crippen LogP contribution in [0.4, 0.5) is 0 Å². The maximum atomic E-state index is 11.0. The highest BCUT2D eigenvalue weighted by Gasteiger charge is 2.32. The lowest BCUT2D eigenvalue weighted by molar-refractivity contribution is -0.144. The zero-order chi connectivity index (χ0) is 13.0. The smallest absolute Gasteiger partial charge is 0.307 e. The summed E-state index contributed by atoms with van der Waals surface area (Å²) in [7, 11) is 0. The van der Waals surface area contributed by atoms with Crippen LogP contribution in [0.5, 0.6) is 0 Å². The molecule has 1 rings (SSSR count). The van der Waals surface area contributed by atoms with Gasteiger partial charge < -0.3 is 10.2 Å². The molecule has 0 amide bonds. The van der Waals surface area contributed by atoms with Gasteiger partial charge >= 0.3 is 5.97 Å². The van der Waals surface area contributed by atoms with Gasteiger partial charge in [0.05, 0.1) is 12.0 Å². The average Bonchev–Trinajstić information content (AvgIpc) is 2.27. The molecular formula is C13H25NO3. The van der Waals surface area contributed by atoms with Crippen molar-refractivity contribution in [2.75, 3.05) is 6.54 Å². The number of carboxylic acids is 1. The summed E-state index contributed by atoms with van der Waals surface area (Å²) in [6.07, 6.45) is 3.82. The molecule has 2 N–H and O–H groups in total. The van der Waals surface area contributed by atoms with Gasteiger partial charge in [-0.25, -0.2) is 0 Å². The molecule has 0 radical (unpaired) electrons. The fourth-order valence-electron chi connectivity index (χ4n) is 2.70. The van der Waals surface area contributed by atoms with E-state index in [4.69, 9.17) is 5.11 Å². The van der Waals surface area contributed by atoms with Crippen molar-refractivity contribution in [2.45, 2.75) is 64.6 Å². The average molecular weight is 243 g/mol. The van der Waals surface area contributed by atoms with Gasteiger partial charge in [-0.3, -0.25) is 9.69 Å². The summed E-state index contributed by atoms with van der Waals surface area (Å²) >= 11 is 0. The van der Waals surface area contributed by atoms with Gasteiger partial charge in [0.1, 0.15) is 0 Å². The first kappa shape index (κ1) is 14.5. The summed E-state index contributed by atoms with van der Waals surface area (Å²) in [5.41, 5.74) is 0. The molecule has 0 aliphatic carbocycles. The Morgan fingerprint density at radius 2 is 2.00 bits per heavy atom. The van der Waals surface area contributed by atoms with Crippen LogP contribution in [0.1, 0.15) is 46.5 Å².